The van der Waals surface area contributed by atoms with Gasteiger partial charge < -0.3 is 0 Å². The monoisotopic (exact) mass is 379 g/mol. The van der Waals surface area contributed by atoms with Gasteiger partial charge in [-0.25, -0.2) is 0 Å². The van der Waals surface area contributed by atoms with Gasteiger partial charge in [-0.1, -0.05) is 140 Å². The van der Waals surface area contributed by atoms with Crippen molar-refractivity contribution in [1.82, 2.24) is 0 Å². The van der Waals surface area contributed by atoms with Gasteiger partial charge in [0, 0.05) is 0 Å². The van der Waals surface area contributed by atoms with E-state index in [1.165, 1.54) is 113 Å². The fraction of sp³-hybridized carbons (Fsp3) is 0.643. The molecule has 0 N–H and O–H groups in total. The van der Waals surface area contributed by atoms with E-state index in [9.17, 15) is 0 Å². The first kappa shape index (κ1) is 23.0. The van der Waals surface area contributed by atoms with E-state index < -0.39 is 0 Å². The van der Waals surface area contributed by atoms with Crippen LogP contribution in [0.4, 0.5) is 0 Å². The van der Waals surface area contributed by atoms with Gasteiger partial charge >= 0.3 is 0 Å². The Morgan fingerprint density at radius 3 is 1.86 bits per heavy atom. The largest absolute Gasteiger partial charge is 0.0654 e. The highest BCUT2D eigenvalue weighted by Gasteiger charge is 2.11. The maximum atomic E-state index is 3.69. The van der Waals surface area contributed by atoms with Crippen molar-refractivity contribution in [2.45, 2.75) is 110 Å². The zero-order valence-electron chi connectivity index (χ0n) is 18.6. The summed E-state index contributed by atoms with van der Waals surface area (Å²) in [6, 6.07) is 16.9. The molecule has 0 heteroatoms. The lowest BCUT2D eigenvalue weighted by Gasteiger charge is -2.17. The van der Waals surface area contributed by atoms with Crippen molar-refractivity contribution in [2.24, 2.45) is 5.92 Å². The second-order valence-corrected chi connectivity index (χ2v) is 8.75. The third kappa shape index (κ3) is 9.26. The minimum Gasteiger partial charge on any atom is -0.0654 e. The Bertz CT molecular complexity index is 627. The first-order valence-electron chi connectivity index (χ1n) is 12.2. The lowest BCUT2D eigenvalue weighted by Crippen LogP contribution is -2.05. The average Bonchev–Trinajstić information content (AvgIpc) is 2.72. The summed E-state index contributed by atoms with van der Waals surface area (Å²) in [6.45, 7) is 4.60. The smallest absolute Gasteiger partial charge is 0.00642 e. The molecule has 155 valence electrons. The second-order valence-electron chi connectivity index (χ2n) is 8.75. The van der Waals surface area contributed by atoms with Gasteiger partial charge in [0.1, 0.15) is 0 Å². The molecular weight excluding hydrogens is 336 g/mol. The van der Waals surface area contributed by atoms with Crippen molar-refractivity contribution in [3.05, 3.63) is 48.0 Å². The zero-order valence-corrected chi connectivity index (χ0v) is 18.6. The van der Waals surface area contributed by atoms with Gasteiger partial charge in [0.2, 0.25) is 0 Å². The van der Waals surface area contributed by atoms with E-state index in [-0.39, 0.29) is 0 Å². The quantitative estimate of drug-likeness (QED) is 0.255. The van der Waals surface area contributed by atoms with Gasteiger partial charge in [-0.05, 0) is 34.7 Å². The van der Waals surface area contributed by atoms with Crippen molar-refractivity contribution in [1.29, 1.82) is 0 Å². The van der Waals surface area contributed by atoms with Crippen LogP contribution in [0.3, 0.4) is 0 Å². The van der Waals surface area contributed by atoms with Crippen LogP contribution in [0.15, 0.2) is 36.4 Å². The molecule has 0 heterocycles. The molecule has 0 fully saturated rings. The molecule has 1 unspecified atom stereocenters. The van der Waals surface area contributed by atoms with Gasteiger partial charge in [0.05, 0.1) is 0 Å². The SMILES string of the molecule is CCCCCCCCCC(CCCCCCC)Cc1[c]c2ccccc2cc1. The van der Waals surface area contributed by atoms with Crippen LogP contribution >= 0.6 is 0 Å². The van der Waals surface area contributed by atoms with E-state index in [0.717, 1.165) is 5.92 Å². The van der Waals surface area contributed by atoms with Crippen LogP contribution in [0.25, 0.3) is 10.8 Å². The number of fused-ring (bicyclic) bond motifs is 1. The van der Waals surface area contributed by atoms with Crippen LogP contribution in [0.2, 0.25) is 0 Å². The third-order valence-corrected chi connectivity index (χ3v) is 6.16. The normalized spacial score (nSPS) is 12.5. The molecule has 0 aromatic heterocycles. The summed E-state index contributed by atoms with van der Waals surface area (Å²) < 4.78 is 0. The van der Waals surface area contributed by atoms with E-state index in [1.54, 1.807) is 0 Å². The molecular formula is C28H43. The molecule has 28 heavy (non-hydrogen) atoms. The predicted molar refractivity (Wildman–Crippen MR) is 126 cm³/mol. The van der Waals surface area contributed by atoms with Crippen LogP contribution in [0, 0.1) is 12.0 Å². The fourth-order valence-corrected chi connectivity index (χ4v) is 4.37. The molecule has 0 saturated carbocycles. The Morgan fingerprint density at radius 2 is 1.21 bits per heavy atom. The summed E-state index contributed by atoms with van der Waals surface area (Å²) in [5, 5.41) is 2.59. The summed E-state index contributed by atoms with van der Waals surface area (Å²) in [4.78, 5) is 0. The van der Waals surface area contributed by atoms with Gasteiger partial charge in [0.15, 0.2) is 0 Å². The fourth-order valence-electron chi connectivity index (χ4n) is 4.37. The van der Waals surface area contributed by atoms with Gasteiger partial charge in [-0.15, -0.1) is 0 Å². The van der Waals surface area contributed by atoms with Crippen LogP contribution in [-0.4, -0.2) is 0 Å². The van der Waals surface area contributed by atoms with Gasteiger partial charge in [0.25, 0.3) is 0 Å². The Morgan fingerprint density at radius 1 is 0.643 bits per heavy atom. The molecule has 1 radical (unpaired) electrons. The Hall–Kier alpha value is -1.30. The maximum absolute atomic E-state index is 3.69. The summed E-state index contributed by atoms with van der Waals surface area (Å²) >= 11 is 0. The van der Waals surface area contributed by atoms with E-state index in [1.807, 2.05) is 0 Å². The molecule has 0 spiro atoms. The minimum absolute atomic E-state index is 0.842. The van der Waals surface area contributed by atoms with Gasteiger partial charge in [-0.2, -0.15) is 0 Å². The van der Waals surface area contributed by atoms with Crippen LogP contribution < -0.4 is 0 Å². The first-order valence-corrected chi connectivity index (χ1v) is 12.2. The van der Waals surface area contributed by atoms with Crippen LogP contribution in [0.5, 0.6) is 0 Å². The van der Waals surface area contributed by atoms with Crippen molar-refractivity contribution in [3.8, 4) is 0 Å². The molecule has 0 aliphatic rings. The lowest BCUT2D eigenvalue weighted by molar-refractivity contribution is 0.401. The number of hydrogen-bond acceptors (Lipinski definition) is 0. The molecule has 0 nitrogen and oxygen atoms in total. The molecule has 2 aromatic rings. The van der Waals surface area contributed by atoms with Crippen LogP contribution in [-0.2, 0) is 6.42 Å². The van der Waals surface area contributed by atoms with Gasteiger partial charge in [-0.3, -0.25) is 0 Å². The molecule has 0 amide bonds. The summed E-state index contributed by atoms with van der Waals surface area (Å²) in [5.41, 5.74) is 1.42. The highest BCUT2D eigenvalue weighted by molar-refractivity contribution is 5.82. The molecule has 0 aliphatic carbocycles. The van der Waals surface area contributed by atoms with E-state index in [4.69, 9.17) is 0 Å². The maximum Gasteiger partial charge on any atom is -0.00642 e. The minimum atomic E-state index is 0.842. The van der Waals surface area contributed by atoms with Crippen molar-refractivity contribution in [3.63, 3.8) is 0 Å². The van der Waals surface area contributed by atoms with Crippen molar-refractivity contribution < 1.29 is 0 Å². The third-order valence-electron chi connectivity index (χ3n) is 6.16. The molecule has 0 aliphatic heterocycles. The topological polar surface area (TPSA) is 0 Å². The number of unbranched alkanes of at least 4 members (excludes halogenated alkanes) is 10. The van der Waals surface area contributed by atoms with E-state index >= 15 is 0 Å². The Labute approximate surface area is 175 Å². The van der Waals surface area contributed by atoms with Crippen molar-refractivity contribution in [2.75, 3.05) is 0 Å². The number of benzene rings is 2. The summed E-state index contributed by atoms with van der Waals surface area (Å²) in [6.07, 6.45) is 20.9. The van der Waals surface area contributed by atoms with Crippen molar-refractivity contribution >= 4 is 10.8 Å². The highest BCUT2D eigenvalue weighted by atomic mass is 14.2. The molecule has 2 rings (SSSR count). The molecule has 2 aromatic carbocycles. The van der Waals surface area contributed by atoms with E-state index in [0.29, 0.717) is 0 Å². The predicted octanol–water partition coefficient (Wildman–Crippen LogP) is 9.30. The summed E-state index contributed by atoms with van der Waals surface area (Å²) in [7, 11) is 0. The first-order chi connectivity index (χ1) is 13.8. The molecule has 0 bridgehead atoms. The Balaban J connectivity index is 1.81. The number of hydrogen-bond donors (Lipinski definition) is 0. The highest BCUT2D eigenvalue weighted by Crippen LogP contribution is 2.24. The molecule has 1 atom stereocenters. The second kappa shape index (κ2) is 14.7. The van der Waals surface area contributed by atoms with Crippen LogP contribution in [0.1, 0.15) is 109 Å². The van der Waals surface area contributed by atoms with E-state index in [2.05, 4.69) is 56.3 Å². The molecule has 0 saturated heterocycles. The standard InChI is InChI=1S/C28H43/c1-3-5-7-9-10-12-14-18-25(17-13-11-8-6-4-2)23-26-21-22-27-19-15-16-20-28(27)24-26/h15-16,19-22,25H,3-14,17-18,23H2,1-2H3. The lowest BCUT2D eigenvalue weighted by atomic mass is 9.88. The zero-order chi connectivity index (χ0) is 19.9. The Kier molecular flexibility index (Phi) is 12.0. The number of rotatable bonds is 16. The summed E-state index contributed by atoms with van der Waals surface area (Å²) in [5.74, 6) is 0.842. The average molecular weight is 380 g/mol.